The van der Waals surface area contributed by atoms with E-state index in [0.29, 0.717) is 34.9 Å². The number of likely N-dealkylation sites (tertiary alicyclic amines) is 1. The number of rotatable bonds is 6. The van der Waals surface area contributed by atoms with Crippen molar-refractivity contribution in [3.8, 4) is 5.75 Å². The standard InChI is InChI=1S/C22H23F3N2O3S/c1-30-17-8-4-7-16(12-17)26-20(28)14-31-19-10-3-2-9-18(19)21(29)27-11-5-6-15(13-27)22(23,24)25/h2-4,7-10,12,15H,5-6,11,13-14H2,1H3,(H,26,28). The molecule has 166 valence electrons. The van der Waals surface area contributed by atoms with Gasteiger partial charge in [-0.25, -0.2) is 0 Å². The first-order valence-corrected chi connectivity index (χ1v) is 10.8. The van der Waals surface area contributed by atoms with E-state index in [1.165, 1.54) is 23.8 Å². The number of hydrogen-bond donors (Lipinski definition) is 1. The number of hydrogen-bond acceptors (Lipinski definition) is 4. The predicted octanol–water partition coefficient (Wildman–Crippen LogP) is 4.84. The summed E-state index contributed by atoms with van der Waals surface area (Å²) in [4.78, 5) is 27.1. The van der Waals surface area contributed by atoms with Crippen LogP contribution in [0.1, 0.15) is 23.2 Å². The SMILES string of the molecule is COc1cccc(NC(=O)CSc2ccccc2C(=O)N2CCCC(C(F)(F)F)C2)c1. The number of nitrogens with zero attached hydrogens (tertiary/aromatic N) is 1. The van der Waals surface area contributed by atoms with Crippen LogP contribution in [0.3, 0.4) is 0 Å². The highest BCUT2D eigenvalue weighted by Crippen LogP contribution is 2.34. The lowest BCUT2D eigenvalue weighted by atomic mass is 9.97. The smallest absolute Gasteiger partial charge is 0.393 e. The number of benzene rings is 2. The Balaban J connectivity index is 1.64. The number of methoxy groups -OCH3 is 1. The molecule has 1 aliphatic rings. The molecule has 5 nitrogen and oxygen atoms in total. The molecule has 1 atom stereocenters. The van der Waals surface area contributed by atoms with Crippen LogP contribution in [-0.2, 0) is 4.79 Å². The number of anilines is 1. The number of carbonyl (C=O) groups is 2. The van der Waals surface area contributed by atoms with E-state index in [-0.39, 0.29) is 24.6 Å². The Morgan fingerprint density at radius 1 is 1.19 bits per heavy atom. The summed E-state index contributed by atoms with van der Waals surface area (Å²) in [5.74, 6) is -1.55. The Kier molecular flexibility index (Phi) is 7.48. The van der Waals surface area contributed by atoms with Crippen molar-refractivity contribution >= 4 is 29.3 Å². The summed E-state index contributed by atoms with van der Waals surface area (Å²) in [6.07, 6.45) is -3.96. The van der Waals surface area contributed by atoms with Crippen molar-refractivity contribution in [1.29, 1.82) is 0 Å². The van der Waals surface area contributed by atoms with Gasteiger partial charge in [0.2, 0.25) is 5.91 Å². The quantitative estimate of drug-likeness (QED) is 0.638. The molecule has 0 saturated carbocycles. The van der Waals surface area contributed by atoms with Crippen molar-refractivity contribution in [2.45, 2.75) is 23.9 Å². The summed E-state index contributed by atoms with van der Waals surface area (Å²) in [6, 6.07) is 13.6. The number of amides is 2. The normalized spacial score (nSPS) is 16.6. The van der Waals surface area contributed by atoms with Gasteiger partial charge >= 0.3 is 6.18 Å². The largest absolute Gasteiger partial charge is 0.497 e. The lowest BCUT2D eigenvalue weighted by Gasteiger charge is -2.34. The number of halogens is 3. The summed E-state index contributed by atoms with van der Waals surface area (Å²) in [6.45, 7) is -0.0433. The average Bonchev–Trinajstić information content (AvgIpc) is 2.77. The number of ether oxygens (including phenoxy) is 1. The summed E-state index contributed by atoms with van der Waals surface area (Å²) < 4.78 is 44.4. The van der Waals surface area contributed by atoms with Crippen LogP contribution >= 0.6 is 11.8 Å². The van der Waals surface area contributed by atoms with Crippen molar-refractivity contribution in [2.24, 2.45) is 5.92 Å². The fraction of sp³-hybridized carbons (Fsp3) is 0.364. The predicted molar refractivity (Wildman–Crippen MR) is 113 cm³/mol. The zero-order valence-electron chi connectivity index (χ0n) is 16.9. The Morgan fingerprint density at radius 2 is 1.97 bits per heavy atom. The third kappa shape index (κ3) is 6.16. The summed E-state index contributed by atoms with van der Waals surface area (Å²) in [7, 11) is 1.53. The van der Waals surface area contributed by atoms with Crippen LogP contribution in [0.25, 0.3) is 0 Å². The van der Waals surface area contributed by atoms with Crippen molar-refractivity contribution in [3.05, 3.63) is 54.1 Å². The zero-order chi connectivity index (χ0) is 22.4. The summed E-state index contributed by atoms with van der Waals surface area (Å²) in [5.41, 5.74) is 0.894. The molecule has 3 rings (SSSR count). The number of nitrogens with one attached hydrogen (secondary N) is 1. The van der Waals surface area contributed by atoms with Crippen molar-refractivity contribution < 1.29 is 27.5 Å². The van der Waals surface area contributed by atoms with Gasteiger partial charge in [-0.3, -0.25) is 9.59 Å². The molecule has 2 amide bonds. The minimum absolute atomic E-state index is 0.0358. The molecule has 0 radical (unpaired) electrons. The van der Waals surface area contributed by atoms with E-state index >= 15 is 0 Å². The van der Waals surface area contributed by atoms with Crippen LogP contribution < -0.4 is 10.1 Å². The van der Waals surface area contributed by atoms with Gasteiger partial charge in [0.15, 0.2) is 0 Å². The highest BCUT2D eigenvalue weighted by Gasteiger charge is 2.42. The van der Waals surface area contributed by atoms with Gasteiger partial charge in [-0.15, -0.1) is 11.8 Å². The molecule has 1 fully saturated rings. The molecule has 0 bridgehead atoms. The topological polar surface area (TPSA) is 58.6 Å². The van der Waals surface area contributed by atoms with Gasteiger partial charge in [0.05, 0.1) is 24.3 Å². The van der Waals surface area contributed by atoms with Gasteiger partial charge in [-0.2, -0.15) is 13.2 Å². The highest BCUT2D eigenvalue weighted by atomic mass is 32.2. The first-order chi connectivity index (χ1) is 14.8. The Hall–Kier alpha value is -2.68. The van der Waals surface area contributed by atoms with E-state index < -0.39 is 18.0 Å². The minimum Gasteiger partial charge on any atom is -0.497 e. The van der Waals surface area contributed by atoms with Crippen LogP contribution in [0.5, 0.6) is 5.75 Å². The second-order valence-electron chi connectivity index (χ2n) is 7.20. The summed E-state index contributed by atoms with van der Waals surface area (Å²) in [5, 5.41) is 2.76. The van der Waals surface area contributed by atoms with Crippen molar-refractivity contribution in [1.82, 2.24) is 4.90 Å². The van der Waals surface area contributed by atoms with E-state index in [1.807, 2.05) is 0 Å². The first kappa shape index (κ1) is 23.0. The number of piperidine rings is 1. The Bertz CT molecular complexity index is 936. The van der Waals surface area contributed by atoms with Gasteiger partial charge in [-0.05, 0) is 37.1 Å². The molecule has 1 N–H and O–H groups in total. The van der Waals surface area contributed by atoms with E-state index in [9.17, 15) is 22.8 Å². The molecule has 9 heteroatoms. The first-order valence-electron chi connectivity index (χ1n) is 9.79. The van der Waals surface area contributed by atoms with Gasteiger partial charge in [0.1, 0.15) is 5.75 Å². The third-order valence-corrected chi connectivity index (χ3v) is 6.07. The maximum Gasteiger partial charge on any atom is 0.393 e. The van der Waals surface area contributed by atoms with E-state index in [0.717, 1.165) is 0 Å². The second kappa shape index (κ2) is 10.1. The molecule has 0 spiro atoms. The van der Waals surface area contributed by atoms with Crippen LogP contribution in [0.15, 0.2) is 53.4 Å². The van der Waals surface area contributed by atoms with Crippen LogP contribution in [-0.4, -0.2) is 48.8 Å². The fourth-order valence-corrected chi connectivity index (χ4v) is 4.25. The van der Waals surface area contributed by atoms with Gasteiger partial charge in [-0.1, -0.05) is 18.2 Å². The average molecular weight is 452 g/mol. The summed E-state index contributed by atoms with van der Waals surface area (Å²) >= 11 is 1.17. The number of thioether (sulfide) groups is 1. The number of alkyl halides is 3. The Labute approximate surface area is 182 Å². The molecular weight excluding hydrogens is 429 g/mol. The molecular formula is C22H23F3N2O3S. The van der Waals surface area contributed by atoms with E-state index in [2.05, 4.69) is 5.32 Å². The van der Waals surface area contributed by atoms with Gasteiger partial charge in [0.25, 0.3) is 5.91 Å². The van der Waals surface area contributed by atoms with Crippen LogP contribution in [0.4, 0.5) is 18.9 Å². The second-order valence-corrected chi connectivity index (χ2v) is 8.21. The molecule has 0 aromatic heterocycles. The lowest BCUT2D eigenvalue weighted by molar-refractivity contribution is -0.184. The highest BCUT2D eigenvalue weighted by molar-refractivity contribution is 8.00. The molecule has 1 unspecified atom stereocenters. The molecule has 1 aliphatic heterocycles. The lowest BCUT2D eigenvalue weighted by Crippen LogP contribution is -2.44. The van der Waals surface area contributed by atoms with Crippen molar-refractivity contribution in [2.75, 3.05) is 31.3 Å². The molecule has 31 heavy (non-hydrogen) atoms. The zero-order valence-corrected chi connectivity index (χ0v) is 17.8. The van der Waals surface area contributed by atoms with Crippen molar-refractivity contribution in [3.63, 3.8) is 0 Å². The van der Waals surface area contributed by atoms with E-state index in [4.69, 9.17) is 4.74 Å². The van der Waals surface area contributed by atoms with E-state index in [1.54, 1.807) is 48.5 Å². The molecule has 2 aromatic carbocycles. The maximum absolute atomic E-state index is 13.1. The monoisotopic (exact) mass is 452 g/mol. The maximum atomic E-state index is 13.1. The third-order valence-electron chi connectivity index (χ3n) is 5.00. The molecule has 1 heterocycles. The fourth-order valence-electron chi connectivity index (χ4n) is 3.41. The van der Waals surface area contributed by atoms with Gasteiger partial charge in [0, 0.05) is 29.7 Å². The Morgan fingerprint density at radius 3 is 2.71 bits per heavy atom. The van der Waals surface area contributed by atoms with Gasteiger partial charge < -0.3 is 15.0 Å². The molecule has 1 saturated heterocycles. The minimum atomic E-state index is -4.31. The number of carbonyl (C=O) groups excluding carboxylic acids is 2. The molecule has 0 aliphatic carbocycles. The van der Waals surface area contributed by atoms with Crippen LogP contribution in [0.2, 0.25) is 0 Å². The molecule has 2 aromatic rings. The van der Waals surface area contributed by atoms with Crippen LogP contribution in [0, 0.1) is 5.92 Å².